The molecular weight excluding hydrogens is 296 g/mol. The topological polar surface area (TPSA) is 92.4 Å². The molecule has 114 valence electrons. The Labute approximate surface area is 125 Å². The largest absolute Gasteiger partial charge is 0.399 e. The van der Waals surface area contributed by atoms with Crippen molar-refractivity contribution in [1.82, 2.24) is 4.72 Å². The number of sulfonamides is 1. The SMILES string of the molecule is CCC(O)CCNS(=O)(=O)CCSc1cccc(N)c1. The highest BCUT2D eigenvalue weighted by Gasteiger charge is 2.10. The Balaban J connectivity index is 2.29. The quantitative estimate of drug-likeness (QED) is 0.473. The van der Waals surface area contributed by atoms with E-state index in [0.29, 0.717) is 24.3 Å². The second-order valence-corrected chi connectivity index (χ2v) is 7.58. The van der Waals surface area contributed by atoms with Crippen molar-refractivity contribution in [2.24, 2.45) is 0 Å². The number of thioether (sulfide) groups is 1. The van der Waals surface area contributed by atoms with E-state index in [0.717, 1.165) is 4.90 Å². The van der Waals surface area contributed by atoms with Gasteiger partial charge in [-0.3, -0.25) is 0 Å². The third kappa shape index (κ3) is 7.14. The molecule has 0 fully saturated rings. The molecule has 5 nitrogen and oxygen atoms in total. The van der Waals surface area contributed by atoms with E-state index in [1.807, 2.05) is 25.1 Å². The third-order valence-electron chi connectivity index (χ3n) is 2.75. The van der Waals surface area contributed by atoms with Crippen molar-refractivity contribution in [2.45, 2.75) is 30.8 Å². The van der Waals surface area contributed by atoms with E-state index in [2.05, 4.69) is 4.72 Å². The fourth-order valence-electron chi connectivity index (χ4n) is 1.53. The summed E-state index contributed by atoms with van der Waals surface area (Å²) >= 11 is 1.46. The Morgan fingerprint density at radius 3 is 2.85 bits per heavy atom. The third-order valence-corrected chi connectivity index (χ3v) is 5.39. The van der Waals surface area contributed by atoms with Gasteiger partial charge in [-0.1, -0.05) is 13.0 Å². The Morgan fingerprint density at radius 1 is 1.45 bits per heavy atom. The summed E-state index contributed by atoms with van der Waals surface area (Å²) in [5, 5.41) is 9.35. The van der Waals surface area contributed by atoms with Crippen LogP contribution >= 0.6 is 11.8 Å². The van der Waals surface area contributed by atoms with Crippen molar-refractivity contribution in [2.75, 3.05) is 23.8 Å². The molecule has 0 saturated carbocycles. The Kier molecular flexibility index (Phi) is 7.36. The fourth-order valence-corrected chi connectivity index (χ4v) is 3.94. The molecule has 1 aromatic carbocycles. The van der Waals surface area contributed by atoms with Crippen LogP contribution in [0.25, 0.3) is 0 Å². The summed E-state index contributed by atoms with van der Waals surface area (Å²) in [6.45, 7) is 2.14. The number of aliphatic hydroxyl groups is 1. The fraction of sp³-hybridized carbons (Fsp3) is 0.538. The van der Waals surface area contributed by atoms with Gasteiger partial charge < -0.3 is 10.8 Å². The summed E-state index contributed by atoms with van der Waals surface area (Å²) in [6, 6.07) is 7.36. The van der Waals surface area contributed by atoms with Gasteiger partial charge in [-0.2, -0.15) is 0 Å². The molecule has 0 saturated heterocycles. The summed E-state index contributed by atoms with van der Waals surface area (Å²) in [7, 11) is -3.28. The number of hydrogen-bond acceptors (Lipinski definition) is 5. The highest BCUT2D eigenvalue weighted by molar-refractivity contribution is 8.00. The Hall–Kier alpha value is -0.760. The molecule has 1 aromatic rings. The lowest BCUT2D eigenvalue weighted by Gasteiger charge is -2.09. The summed E-state index contributed by atoms with van der Waals surface area (Å²) < 4.78 is 25.9. The van der Waals surface area contributed by atoms with Crippen molar-refractivity contribution >= 4 is 27.5 Å². The molecule has 0 aliphatic carbocycles. The van der Waals surface area contributed by atoms with Gasteiger partial charge in [0.25, 0.3) is 0 Å². The van der Waals surface area contributed by atoms with Crippen molar-refractivity contribution < 1.29 is 13.5 Å². The molecule has 0 aliphatic heterocycles. The van der Waals surface area contributed by atoms with Crippen LogP contribution in [0.5, 0.6) is 0 Å². The highest BCUT2D eigenvalue weighted by Crippen LogP contribution is 2.20. The molecule has 1 unspecified atom stereocenters. The lowest BCUT2D eigenvalue weighted by Crippen LogP contribution is -2.30. The summed E-state index contributed by atoms with van der Waals surface area (Å²) in [6.07, 6.45) is 0.629. The Morgan fingerprint density at radius 2 is 2.20 bits per heavy atom. The molecule has 0 aliphatic rings. The second kappa shape index (κ2) is 8.51. The van der Waals surface area contributed by atoms with Gasteiger partial charge in [0.05, 0.1) is 11.9 Å². The van der Waals surface area contributed by atoms with Gasteiger partial charge in [0.1, 0.15) is 0 Å². The summed E-state index contributed by atoms with van der Waals surface area (Å²) in [5.74, 6) is 0.518. The first kappa shape index (κ1) is 17.3. The smallest absolute Gasteiger partial charge is 0.212 e. The van der Waals surface area contributed by atoms with Crippen molar-refractivity contribution in [3.8, 4) is 0 Å². The van der Waals surface area contributed by atoms with Crippen LogP contribution in [0.3, 0.4) is 0 Å². The van der Waals surface area contributed by atoms with E-state index in [-0.39, 0.29) is 12.3 Å². The number of nitrogens with two attached hydrogens (primary N) is 1. The second-order valence-electron chi connectivity index (χ2n) is 4.48. The van der Waals surface area contributed by atoms with Crippen molar-refractivity contribution in [3.05, 3.63) is 24.3 Å². The maximum Gasteiger partial charge on any atom is 0.212 e. The van der Waals surface area contributed by atoms with Crippen LogP contribution in [0.15, 0.2) is 29.2 Å². The minimum atomic E-state index is -3.28. The van der Waals surface area contributed by atoms with E-state index < -0.39 is 16.1 Å². The lowest BCUT2D eigenvalue weighted by atomic mass is 10.2. The number of nitrogen functional groups attached to an aromatic ring is 1. The van der Waals surface area contributed by atoms with Crippen LogP contribution in [0.4, 0.5) is 5.69 Å². The molecule has 0 radical (unpaired) electrons. The summed E-state index contributed by atoms with van der Waals surface area (Å²) in [4.78, 5) is 0.960. The maximum absolute atomic E-state index is 11.7. The first-order chi connectivity index (χ1) is 9.43. The lowest BCUT2D eigenvalue weighted by molar-refractivity contribution is 0.162. The van der Waals surface area contributed by atoms with Gasteiger partial charge in [-0.25, -0.2) is 13.1 Å². The predicted octanol–water partition coefficient (Wildman–Crippen LogP) is 1.44. The van der Waals surface area contributed by atoms with Gasteiger partial charge in [0.2, 0.25) is 10.0 Å². The standard InChI is InChI=1S/C13H22N2O3S2/c1-2-12(16)6-7-15-20(17,18)9-8-19-13-5-3-4-11(14)10-13/h3-5,10,12,15-16H,2,6-9,14H2,1H3. The molecule has 4 N–H and O–H groups in total. The zero-order valence-corrected chi connectivity index (χ0v) is 13.2. The number of anilines is 1. The zero-order chi connectivity index (χ0) is 15.0. The van der Waals surface area contributed by atoms with Crippen LogP contribution in [0.1, 0.15) is 19.8 Å². The monoisotopic (exact) mass is 318 g/mol. The zero-order valence-electron chi connectivity index (χ0n) is 11.6. The number of benzene rings is 1. The van der Waals surface area contributed by atoms with Gasteiger partial charge in [0, 0.05) is 22.9 Å². The summed E-state index contributed by atoms with van der Waals surface area (Å²) in [5.41, 5.74) is 6.33. The average molecular weight is 318 g/mol. The molecule has 1 atom stereocenters. The molecule has 0 bridgehead atoms. The van der Waals surface area contributed by atoms with Crippen LogP contribution in [0, 0.1) is 0 Å². The molecule has 0 heterocycles. The molecular formula is C13H22N2O3S2. The molecule has 7 heteroatoms. The average Bonchev–Trinajstić information content (AvgIpc) is 2.38. The number of aliphatic hydroxyl groups excluding tert-OH is 1. The van der Waals surface area contributed by atoms with Gasteiger partial charge >= 0.3 is 0 Å². The first-order valence-electron chi connectivity index (χ1n) is 6.56. The van der Waals surface area contributed by atoms with Crippen molar-refractivity contribution in [3.63, 3.8) is 0 Å². The molecule has 1 rings (SSSR count). The molecule has 0 spiro atoms. The van der Waals surface area contributed by atoms with Gasteiger partial charge in [-0.05, 0) is 31.0 Å². The van der Waals surface area contributed by atoms with Crippen LogP contribution < -0.4 is 10.5 Å². The van der Waals surface area contributed by atoms with E-state index >= 15 is 0 Å². The maximum atomic E-state index is 11.7. The number of nitrogens with one attached hydrogen (secondary N) is 1. The molecule has 0 aromatic heterocycles. The van der Waals surface area contributed by atoms with E-state index in [9.17, 15) is 13.5 Å². The van der Waals surface area contributed by atoms with Crippen LogP contribution in [-0.2, 0) is 10.0 Å². The van der Waals surface area contributed by atoms with Gasteiger partial charge in [0.15, 0.2) is 0 Å². The van der Waals surface area contributed by atoms with E-state index in [4.69, 9.17) is 5.73 Å². The van der Waals surface area contributed by atoms with Crippen LogP contribution in [0.2, 0.25) is 0 Å². The van der Waals surface area contributed by atoms with Crippen LogP contribution in [-0.4, -0.2) is 37.7 Å². The van der Waals surface area contributed by atoms with Crippen molar-refractivity contribution in [1.29, 1.82) is 0 Å². The minimum Gasteiger partial charge on any atom is -0.399 e. The number of hydrogen-bond donors (Lipinski definition) is 3. The Bertz CT molecular complexity index is 506. The normalized spacial score (nSPS) is 13.3. The highest BCUT2D eigenvalue weighted by atomic mass is 32.2. The predicted molar refractivity (Wildman–Crippen MR) is 84.3 cm³/mol. The number of rotatable bonds is 9. The van der Waals surface area contributed by atoms with Gasteiger partial charge in [-0.15, -0.1) is 11.8 Å². The van der Waals surface area contributed by atoms with E-state index in [1.54, 1.807) is 6.07 Å². The molecule has 20 heavy (non-hydrogen) atoms. The first-order valence-corrected chi connectivity index (χ1v) is 9.20. The van der Waals surface area contributed by atoms with E-state index in [1.165, 1.54) is 11.8 Å². The molecule has 0 amide bonds. The minimum absolute atomic E-state index is 0.0503.